The number of carbonyl (C=O) groups is 2. The molecular formula is C19H21NO3. The van der Waals surface area contributed by atoms with Gasteiger partial charge < -0.3 is 9.72 Å². The zero-order valence-electron chi connectivity index (χ0n) is 13.1. The van der Waals surface area contributed by atoms with Crippen molar-refractivity contribution in [2.75, 3.05) is 6.61 Å². The van der Waals surface area contributed by atoms with Crippen molar-refractivity contribution in [1.82, 2.24) is 4.98 Å². The Morgan fingerprint density at radius 2 is 2.04 bits per heavy atom. The average Bonchev–Trinajstić information content (AvgIpc) is 3.27. The van der Waals surface area contributed by atoms with E-state index in [-0.39, 0.29) is 18.4 Å². The Balaban J connectivity index is 1.33. The lowest BCUT2D eigenvalue weighted by atomic mass is 9.86. The summed E-state index contributed by atoms with van der Waals surface area (Å²) in [6.07, 6.45) is 7.20. The molecule has 2 saturated carbocycles. The van der Waals surface area contributed by atoms with Crippen molar-refractivity contribution < 1.29 is 14.3 Å². The maximum atomic E-state index is 12.3. The van der Waals surface area contributed by atoms with Crippen LogP contribution in [-0.2, 0) is 9.53 Å². The first-order valence-corrected chi connectivity index (χ1v) is 8.45. The van der Waals surface area contributed by atoms with E-state index >= 15 is 0 Å². The number of ketones is 1. The third-order valence-corrected chi connectivity index (χ3v) is 5.57. The molecule has 120 valence electrons. The largest absolute Gasteiger partial charge is 0.457 e. The van der Waals surface area contributed by atoms with Crippen LogP contribution in [0.15, 0.2) is 30.5 Å². The van der Waals surface area contributed by atoms with Gasteiger partial charge in [0.05, 0.1) is 0 Å². The van der Waals surface area contributed by atoms with E-state index in [0.29, 0.717) is 23.8 Å². The summed E-state index contributed by atoms with van der Waals surface area (Å²) in [5.74, 6) is 1.63. The Hall–Kier alpha value is -2.10. The summed E-state index contributed by atoms with van der Waals surface area (Å²) in [6.45, 7) is -0.165. The smallest absolute Gasteiger partial charge is 0.306 e. The fraction of sp³-hybridized carbons (Fsp3) is 0.474. The molecule has 4 rings (SSSR count). The topological polar surface area (TPSA) is 59.2 Å². The molecule has 2 bridgehead atoms. The molecule has 1 N–H and O–H groups in total. The molecule has 0 amide bonds. The van der Waals surface area contributed by atoms with E-state index in [2.05, 4.69) is 4.98 Å². The number of Topliss-reactive ketones (excluding diaryl/α,β-unsaturated/α-hetero) is 1. The Morgan fingerprint density at radius 1 is 1.17 bits per heavy atom. The quantitative estimate of drug-likeness (QED) is 0.676. The van der Waals surface area contributed by atoms with Crippen LogP contribution in [0.2, 0.25) is 0 Å². The van der Waals surface area contributed by atoms with Crippen molar-refractivity contribution in [3.8, 4) is 0 Å². The monoisotopic (exact) mass is 311 g/mol. The molecule has 2 fully saturated rings. The van der Waals surface area contributed by atoms with E-state index in [9.17, 15) is 9.59 Å². The number of rotatable bonds is 5. The Bertz CT molecular complexity index is 748. The predicted octanol–water partition coefficient (Wildman–Crippen LogP) is 3.72. The van der Waals surface area contributed by atoms with Gasteiger partial charge in [-0.05, 0) is 43.1 Å². The third-order valence-electron chi connectivity index (χ3n) is 5.57. The van der Waals surface area contributed by atoms with Crippen LogP contribution in [0.3, 0.4) is 0 Å². The van der Waals surface area contributed by atoms with Crippen LogP contribution in [0.1, 0.15) is 42.5 Å². The van der Waals surface area contributed by atoms with Crippen LogP contribution in [-0.4, -0.2) is 23.3 Å². The lowest BCUT2D eigenvalue weighted by Crippen LogP contribution is -2.19. The van der Waals surface area contributed by atoms with Crippen LogP contribution in [0.4, 0.5) is 0 Å². The molecule has 0 spiro atoms. The SMILES string of the molecule is O=C(C[C@H]1C[C@H]2CC[C@@H]1C2)OCC(=O)c1c[nH]c2ccccc12. The Labute approximate surface area is 135 Å². The number of fused-ring (bicyclic) bond motifs is 3. The van der Waals surface area contributed by atoms with Gasteiger partial charge in [-0.3, -0.25) is 9.59 Å². The highest BCUT2D eigenvalue weighted by Gasteiger charge is 2.40. The maximum Gasteiger partial charge on any atom is 0.306 e. The number of nitrogens with one attached hydrogen (secondary N) is 1. The van der Waals surface area contributed by atoms with Crippen molar-refractivity contribution in [2.45, 2.75) is 32.1 Å². The second kappa shape index (κ2) is 5.84. The summed E-state index contributed by atoms with van der Waals surface area (Å²) in [5.41, 5.74) is 1.51. The fourth-order valence-corrected chi connectivity index (χ4v) is 4.43. The van der Waals surface area contributed by atoms with Crippen molar-refractivity contribution in [1.29, 1.82) is 0 Å². The zero-order chi connectivity index (χ0) is 15.8. The molecule has 0 saturated heterocycles. The number of aromatic nitrogens is 1. The van der Waals surface area contributed by atoms with E-state index in [1.165, 1.54) is 19.3 Å². The predicted molar refractivity (Wildman–Crippen MR) is 87.1 cm³/mol. The molecule has 2 aliphatic carbocycles. The van der Waals surface area contributed by atoms with Gasteiger partial charge >= 0.3 is 5.97 Å². The molecule has 1 heterocycles. The van der Waals surface area contributed by atoms with Gasteiger partial charge in [-0.15, -0.1) is 0 Å². The second-order valence-electron chi connectivity index (χ2n) is 6.97. The van der Waals surface area contributed by atoms with Crippen molar-refractivity contribution >= 4 is 22.7 Å². The molecule has 4 heteroatoms. The van der Waals surface area contributed by atoms with Crippen molar-refractivity contribution in [3.63, 3.8) is 0 Å². The van der Waals surface area contributed by atoms with Crippen molar-refractivity contribution in [3.05, 3.63) is 36.0 Å². The van der Waals surface area contributed by atoms with E-state index in [1.54, 1.807) is 6.20 Å². The lowest BCUT2D eigenvalue weighted by Gasteiger charge is -2.20. The molecule has 2 aliphatic rings. The zero-order valence-corrected chi connectivity index (χ0v) is 13.1. The first-order chi connectivity index (χ1) is 11.2. The summed E-state index contributed by atoms with van der Waals surface area (Å²) >= 11 is 0. The van der Waals surface area contributed by atoms with E-state index < -0.39 is 0 Å². The minimum atomic E-state index is -0.226. The summed E-state index contributed by atoms with van der Waals surface area (Å²) in [6, 6.07) is 7.64. The Morgan fingerprint density at radius 3 is 2.83 bits per heavy atom. The van der Waals surface area contributed by atoms with Gasteiger partial charge in [0, 0.05) is 29.1 Å². The molecule has 0 aliphatic heterocycles. The number of hydrogen-bond donors (Lipinski definition) is 1. The number of H-pyrrole nitrogens is 1. The van der Waals surface area contributed by atoms with E-state index in [0.717, 1.165) is 23.2 Å². The number of aromatic amines is 1. The van der Waals surface area contributed by atoms with Crippen LogP contribution in [0.25, 0.3) is 10.9 Å². The summed E-state index contributed by atoms with van der Waals surface area (Å²) < 4.78 is 5.24. The summed E-state index contributed by atoms with van der Waals surface area (Å²) in [4.78, 5) is 27.4. The second-order valence-corrected chi connectivity index (χ2v) is 6.97. The van der Waals surface area contributed by atoms with Gasteiger partial charge in [-0.1, -0.05) is 24.6 Å². The minimum Gasteiger partial charge on any atom is -0.457 e. The molecule has 0 unspecified atom stereocenters. The molecule has 2 aromatic rings. The first kappa shape index (κ1) is 14.5. The van der Waals surface area contributed by atoms with E-state index in [4.69, 9.17) is 4.74 Å². The summed E-state index contributed by atoms with van der Waals surface area (Å²) in [5, 5.41) is 0.877. The van der Waals surface area contributed by atoms with Crippen molar-refractivity contribution in [2.24, 2.45) is 17.8 Å². The van der Waals surface area contributed by atoms with Crippen LogP contribution in [0.5, 0.6) is 0 Å². The first-order valence-electron chi connectivity index (χ1n) is 8.45. The average molecular weight is 311 g/mol. The minimum absolute atomic E-state index is 0.149. The molecule has 23 heavy (non-hydrogen) atoms. The van der Waals surface area contributed by atoms with Gasteiger partial charge in [0.2, 0.25) is 5.78 Å². The highest BCUT2D eigenvalue weighted by Crippen LogP contribution is 2.49. The van der Waals surface area contributed by atoms with Gasteiger partial charge in [0.1, 0.15) is 0 Å². The molecule has 4 nitrogen and oxygen atoms in total. The maximum absolute atomic E-state index is 12.3. The van der Waals surface area contributed by atoms with Crippen LogP contribution >= 0.6 is 0 Å². The van der Waals surface area contributed by atoms with Gasteiger partial charge in [0.25, 0.3) is 0 Å². The summed E-state index contributed by atoms with van der Waals surface area (Å²) in [7, 11) is 0. The van der Waals surface area contributed by atoms with Gasteiger partial charge in [0.15, 0.2) is 6.61 Å². The van der Waals surface area contributed by atoms with Gasteiger partial charge in [-0.25, -0.2) is 0 Å². The van der Waals surface area contributed by atoms with Crippen LogP contribution in [0, 0.1) is 17.8 Å². The number of para-hydroxylation sites is 1. The number of benzene rings is 1. The Kier molecular flexibility index (Phi) is 3.68. The molecule has 0 radical (unpaired) electrons. The van der Waals surface area contributed by atoms with Crippen LogP contribution < -0.4 is 0 Å². The van der Waals surface area contributed by atoms with Gasteiger partial charge in [-0.2, -0.15) is 0 Å². The highest BCUT2D eigenvalue weighted by molar-refractivity contribution is 6.08. The fourth-order valence-electron chi connectivity index (χ4n) is 4.43. The standard InChI is InChI=1S/C19H21NO3/c21-18(16-10-20-17-4-2-1-3-15(16)17)11-23-19(22)9-14-8-12-5-6-13(14)7-12/h1-4,10,12-14,20H,5-9,11H2/t12-,13+,14+/m0/s1. The molecule has 3 atom stereocenters. The number of ether oxygens (including phenoxy) is 1. The lowest BCUT2D eigenvalue weighted by molar-refractivity contribution is -0.144. The normalized spacial score (nSPS) is 25.8. The highest BCUT2D eigenvalue weighted by atomic mass is 16.5. The number of esters is 1. The molecule has 1 aromatic heterocycles. The van der Waals surface area contributed by atoms with E-state index in [1.807, 2.05) is 24.3 Å². The molecular weight excluding hydrogens is 290 g/mol. The number of hydrogen-bond acceptors (Lipinski definition) is 3. The third kappa shape index (κ3) is 2.78. The molecule has 1 aromatic carbocycles. The number of carbonyl (C=O) groups excluding carboxylic acids is 2.